The maximum Gasteiger partial charge on any atom is 0.127 e. The minimum absolute atomic E-state index is 0.0585. The average molecular weight is 270 g/mol. The lowest BCUT2D eigenvalue weighted by Crippen LogP contribution is -2.20. The first-order chi connectivity index (χ1) is 9.61. The number of hydrogen-bond acceptors (Lipinski definition) is 3. The van der Waals surface area contributed by atoms with Gasteiger partial charge < -0.3 is 5.11 Å². The van der Waals surface area contributed by atoms with Gasteiger partial charge in [0, 0.05) is 17.7 Å². The number of phenols is 1. The molecule has 0 amide bonds. The van der Waals surface area contributed by atoms with E-state index in [4.69, 9.17) is 0 Å². The maximum absolute atomic E-state index is 13.5. The van der Waals surface area contributed by atoms with E-state index in [0.717, 1.165) is 5.56 Å². The fourth-order valence-electron chi connectivity index (χ4n) is 1.98. The molecule has 0 aliphatic carbocycles. The van der Waals surface area contributed by atoms with Gasteiger partial charge in [-0.15, -0.1) is 0 Å². The van der Waals surface area contributed by atoms with Crippen molar-refractivity contribution in [2.75, 3.05) is 0 Å². The van der Waals surface area contributed by atoms with Gasteiger partial charge in [-0.1, -0.05) is 29.8 Å². The number of hydrogen-bond donors (Lipinski definition) is 2. The van der Waals surface area contributed by atoms with Crippen molar-refractivity contribution in [3.05, 3.63) is 65.0 Å². The van der Waals surface area contributed by atoms with E-state index in [1.807, 2.05) is 6.92 Å². The van der Waals surface area contributed by atoms with E-state index in [9.17, 15) is 14.8 Å². The molecule has 0 fully saturated rings. The zero-order chi connectivity index (χ0) is 14.5. The van der Waals surface area contributed by atoms with Crippen LogP contribution in [-0.2, 0) is 6.54 Å². The molecule has 1 unspecified atom stereocenters. The van der Waals surface area contributed by atoms with Crippen LogP contribution in [0.25, 0.3) is 0 Å². The number of rotatable bonds is 4. The van der Waals surface area contributed by atoms with Crippen LogP contribution in [0.1, 0.15) is 22.7 Å². The van der Waals surface area contributed by atoms with Crippen molar-refractivity contribution >= 4 is 0 Å². The average Bonchev–Trinajstić information content (AvgIpc) is 2.45. The molecule has 2 aromatic carbocycles. The largest absolute Gasteiger partial charge is 0.508 e. The Bertz CT molecular complexity index is 649. The summed E-state index contributed by atoms with van der Waals surface area (Å²) in [6.07, 6.45) is 0. The molecule has 0 spiro atoms. The number of nitrogens with zero attached hydrogens (tertiary/aromatic N) is 1. The molecule has 20 heavy (non-hydrogen) atoms. The monoisotopic (exact) mass is 270 g/mol. The predicted octanol–water partition coefficient (Wildman–Crippen LogP) is 3.19. The van der Waals surface area contributed by atoms with Gasteiger partial charge in [0.1, 0.15) is 17.6 Å². The Labute approximate surface area is 117 Å². The van der Waals surface area contributed by atoms with E-state index >= 15 is 0 Å². The molecule has 0 bridgehead atoms. The summed E-state index contributed by atoms with van der Waals surface area (Å²) in [7, 11) is 0. The second kappa shape index (κ2) is 6.18. The fraction of sp³-hybridized carbons (Fsp3) is 0.188. The number of halogens is 1. The summed E-state index contributed by atoms with van der Waals surface area (Å²) in [4.78, 5) is 0. The van der Waals surface area contributed by atoms with Crippen LogP contribution < -0.4 is 5.32 Å². The lowest BCUT2D eigenvalue weighted by molar-refractivity contribution is 0.458. The van der Waals surface area contributed by atoms with Crippen LogP contribution in [0.2, 0.25) is 0 Å². The maximum atomic E-state index is 13.5. The molecule has 0 aliphatic rings. The highest BCUT2D eigenvalue weighted by molar-refractivity contribution is 5.40. The second-order valence-corrected chi connectivity index (χ2v) is 4.60. The zero-order valence-electron chi connectivity index (χ0n) is 11.1. The van der Waals surface area contributed by atoms with Crippen molar-refractivity contribution in [2.24, 2.45) is 0 Å². The molecule has 4 heteroatoms. The van der Waals surface area contributed by atoms with E-state index in [0.29, 0.717) is 11.1 Å². The van der Waals surface area contributed by atoms with E-state index in [1.165, 1.54) is 6.07 Å². The van der Waals surface area contributed by atoms with Crippen LogP contribution in [0.15, 0.2) is 42.5 Å². The second-order valence-electron chi connectivity index (χ2n) is 4.60. The van der Waals surface area contributed by atoms with Gasteiger partial charge in [-0.25, -0.2) is 4.39 Å². The predicted molar refractivity (Wildman–Crippen MR) is 74.4 cm³/mol. The van der Waals surface area contributed by atoms with Crippen molar-refractivity contribution in [3.8, 4) is 11.8 Å². The zero-order valence-corrected chi connectivity index (χ0v) is 11.1. The van der Waals surface area contributed by atoms with Gasteiger partial charge in [-0.05, 0) is 25.1 Å². The highest BCUT2D eigenvalue weighted by atomic mass is 19.1. The number of phenolic OH excluding ortho intramolecular Hbond substituents is 1. The number of aromatic hydroxyl groups is 1. The molecule has 102 valence electrons. The van der Waals surface area contributed by atoms with Gasteiger partial charge in [0.25, 0.3) is 0 Å². The van der Waals surface area contributed by atoms with E-state index < -0.39 is 6.04 Å². The minimum Gasteiger partial charge on any atom is -0.508 e. The van der Waals surface area contributed by atoms with Gasteiger partial charge in [0.2, 0.25) is 0 Å². The van der Waals surface area contributed by atoms with Gasteiger partial charge in [-0.2, -0.15) is 5.26 Å². The van der Waals surface area contributed by atoms with E-state index in [-0.39, 0.29) is 18.1 Å². The third-order valence-corrected chi connectivity index (χ3v) is 3.08. The minimum atomic E-state index is -0.686. The fourth-order valence-corrected chi connectivity index (χ4v) is 1.98. The Hall–Kier alpha value is -2.38. The van der Waals surface area contributed by atoms with Gasteiger partial charge in [-0.3, -0.25) is 5.32 Å². The Morgan fingerprint density at radius 2 is 2.05 bits per heavy atom. The highest BCUT2D eigenvalue weighted by Gasteiger charge is 2.15. The smallest absolute Gasteiger partial charge is 0.127 e. The summed E-state index contributed by atoms with van der Waals surface area (Å²) in [6.45, 7) is 2.10. The normalized spacial score (nSPS) is 11.8. The standard InChI is InChI=1S/C16H15FN2O/c1-11-6-7-16(20)13(8-11)15(9-18)19-10-12-4-2-3-5-14(12)17/h2-8,15,19-20H,10H2,1H3. The SMILES string of the molecule is Cc1ccc(O)c(C(C#N)NCc2ccccc2F)c1. The third-order valence-electron chi connectivity index (χ3n) is 3.08. The summed E-state index contributed by atoms with van der Waals surface area (Å²) in [5, 5.41) is 22.0. The molecule has 3 nitrogen and oxygen atoms in total. The molecule has 0 aromatic heterocycles. The van der Waals surface area contributed by atoms with Gasteiger partial charge in [0.05, 0.1) is 6.07 Å². The highest BCUT2D eigenvalue weighted by Crippen LogP contribution is 2.25. The molecule has 1 atom stereocenters. The summed E-state index contributed by atoms with van der Waals surface area (Å²) < 4.78 is 13.5. The Morgan fingerprint density at radius 3 is 2.75 bits per heavy atom. The third kappa shape index (κ3) is 3.14. The van der Waals surface area contributed by atoms with Crippen LogP contribution in [-0.4, -0.2) is 5.11 Å². The topological polar surface area (TPSA) is 56.0 Å². The molecule has 0 saturated carbocycles. The molecule has 2 aromatic rings. The summed E-state index contributed by atoms with van der Waals surface area (Å²) >= 11 is 0. The first-order valence-corrected chi connectivity index (χ1v) is 6.27. The molecule has 2 rings (SSSR count). The molecule has 0 heterocycles. The first kappa shape index (κ1) is 14.0. The Kier molecular flexibility index (Phi) is 4.34. The van der Waals surface area contributed by atoms with Crippen LogP contribution >= 0.6 is 0 Å². The molecule has 0 radical (unpaired) electrons. The van der Waals surface area contributed by atoms with Crippen molar-refractivity contribution in [2.45, 2.75) is 19.5 Å². The molecule has 0 aliphatic heterocycles. The lowest BCUT2D eigenvalue weighted by atomic mass is 10.0. The lowest BCUT2D eigenvalue weighted by Gasteiger charge is -2.14. The molecular weight excluding hydrogens is 255 g/mol. The summed E-state index contributed by atoms with van der Waals surface area (Å²) in [5.74, 6) is -0.256. The molecule has 2 N–H and O–H groups in total. The first-order valence-electron chi connectivity index (χ1n) is 6.27. The van der Waals surface area contributed by atoms with Crippen molar-refractivity contribution in [1.29, 1.82) is 5.26 Å². The van der Waals surface area contributed by atoms with Gasteiger partial charge in [0.15, 0.2) is 0 Å². The van der Waals surface area contributed by atoms with Crippen molar-refractivity contribution in [1.82, 2.24) is 5.32 Å². The van der Waals surface area contributed by atoms with Crippen LogP contribution in [0.3, 0.4) is 0 Å². The van der Waals surface area contributed by atoms with Crippen molar-refractivity contribution < 1.29 is 9.50 Å². The number of aryl methyl sites for hydroxylation is 1. The number of benzene rings is 2. The van der Waals surface area contributed by atoms with Crippen LogP contribution in [0.5, 0.6) is 5.75 Å². The Balaban J connectivity index is 2.16. The quantitative estimate of drug-likeness (QED) is 0.897. The van der Waals surface area contributed by atoms with Crippen LogP contribution in [0.4, 0.5) is 4.39 Å². The van der Waals surface area contributed by atoms with E-state index in [2.05, 4.69) is 11.4 Å². The molecular formula is C16H15FN2O. The summed E-state index contributed by atoms with van der Waals surface area (Å²) in [5.41, 5.74) is 1.94. The van der Waals surface area contributed by atoms with Gasteiger partial charge >= 0.3 is 0 Å². The Morgan fingerprint density at radius 1 is 1.30 bits per heavy atom. The number of nitriles is 1. The van der Waals surface area contributed by atoms with Crippen LogP contribution in [0, 0.1) is 24.1 Å². The number of nitrogens with one attached hydrogen (secondary N) is 1. The van der Waals surface area contributed by atoms with Crippen molar-refractivity contribution in [3.63, 3.8) is 0 Å². The van der Waals surface area contributed by atoms with E-state index in [1.54, 1.807) is 36.4 Å². The summed E-state index contributed by atoms with van der Waals surface area (Å²) in [6, 6.07) is 12.9. The molecule has 0 saturated heterocycles.